The van der Waals surface area contributed by atoms with E-state index in [2.05, 4.69) is 75.7 Å². The summed E-state index contributed by atoms with van der Waals surface area (Å²) in [7, 11) is 0. The van der Waals surface area contributed by atoms with Crippen LogP contribution in [0, 0.1) is 0 Å². The van der Waals surface area contributed by atoms with Crippen molar-refractivity contribution in [3.05, 3.63) is 54.0 Å². The monoisotopic (exact) mass is 481 g/mol. The van der Waals surface area contributed by atoms with E-state index in [1.807, 2.05) is 6.07 Å². The minimum Gasteiger partial charge on any atom is -0.359 e. The Kier molecular flexibility index (Phi) is 8.63. The summed E-state index contributed by atoms with van der Waals surface area (Å²) in [5.74, 6) is 1.59. The normalized spacial score (nSPS) is 11.4. The Morgan fingerprint density at radius 3 is 2.81 bits per heavy atom. The lowest BCUT2D eigenvalue weighted by atomic mass is 10.2. The fourth-order valence-electron chi connectivity index (χ4n) is 2.89. The summed E-state index contributed by atoms with van der Waals surface area (Å²) in [5.41, 5.74) is 2.25. The molecule has 0 saturated carbocycles. The van der Waals surface area contributed by atoms with Crippen molar-refractivity contribution >= 4 is 40.8 Å². The van der Waals surface area contributed by atoms with Gasteiger partial charge in [-0.1, -0.05) is 30.3 Å². The van der Waals surface area contributed by atoms with Gasteiger partial charge in [0.1, 0.15) is 6.54 Å². The standard InChI is InChI=1S/C20H27N5O.HI/c1-3-17-14-18(26-24-17)15-23-20(21-4-2)22-11-7-12-25-13-10-16-8-5-6-9-19(16)25;/h5-6,8-10,13-14H,3-4,7,11-12,15H2,1-2H3,(H2,21,22,23);1H. The van der Waals surface area contributed by atoms with Gasteiger partial charge in [0, 0.05) is 37.4 Å². The molecule has 0 bridgehead atoms. The summed E-state index contributed by atoms with van der Waals surface area (Å²) in [4.78, 5) is 4.57. The molecule has 0 aliphatic heterocycles. The minimum atomic E-state index is 0. The summed E-state index contributed by atoms with van der Waals surface area (Å²) in [5, 5.41) is 11.9. The maximum atomic E-state index is 5.28. The number of fused-ring (bicyclic) bond motifs is 1. The molecule has 0 saturated heterocycles. The lowest BCUT2D eigenvalue weighted by Crippen LogP contribution is -2.38. The van der Waals surface area contributed by atoms with Crippen molar-refractivity contribution in [1.29, 1.82) is 0 Å². The van der Waals surface area contributed by atoms with Gasteiger partial charge in [0.05, 0.1) is 5.69 Å². The van der Waals surface area contributed by atoms with Gasteiger partial charge in [-0.15, -0.1) is 24.0 Å². The van der Waals surface area contributed by atoms with Gasteiger partial charge < -0.3 is 19.7 Å². The van der Waals surface area contributed by atoms with E-state index in [0.717, 1.165) is 49.9 Å². The van der Waals surface area contributed by atoms with Crippen LogP contribution in [0.2, 0.25) is 0 Å². The number of aliphatic imine (C=N–C) groups is 1. The van der Waals surface area contributed by atoms with Crippen molar-refractivity contribution in [3.63, 3.8) is 0 Å². The molecule has 3 aromatic rings. The van der Waals surface area contributed by atoms with Crippen molar-refractivity contribution in [2.75, 3.05) is 13.1 Å². The maximum Gasteiger partial charge on any atom is 0.191 e. The summed E-state index contributed by atoms with van der Waals surface area (Å²) < 4.78 is 7.58. The summed E-state index contributed by atoms with van der Waals surface area (Å²) in [6.45, 7) is 7.27. The van der Waals surface area contributed by atoms with E-state index < -0.39 is 0 Å². The molecule has 27 heavy (non-hydrogen) atoms. The van der Waals surface area contributed by atoms with E-state index in [1.165, 1.54) is 10.9 Å². The molecule has 0 fully saturated rings. The van der Waals surface area contributed by atoms with E-state index in [9.17, 15) is 0 Å². The first-order valence-electron chi connectivity index (χ1n) is 9.30. The molecule has 0 amide bonds. The van der Waals surface area contributed by atoms with Crippen LogP contribution in [0.1, 0.15) is 31.7 Å². The average Bonchev–Trinajstić information content (AvgIpc) is 3.30. The number of halogens is 1. The number of benzene rings is 1. The predicted octanol–water partition coefficient (Wildman–Crippen LogP) is 3.96. The minimum absolute atomic E-state index is 0. The average molecular weight is 481 g/mol. The number of hydrogen-bond acceptors (Lipinski definition) is 3. The number of rotatable bonds is 8. The molecule has 6 nitrogen and oxygen atoms in total. The number of hydrogen-bond donors (Lipinski definition) is 2. The molecular formula is C20H28IN5O. The van der Waals surface area contributed by atoms with E-state index in [-0.39, 0.29) is 24.0 Å². The first kappa shape index (κ1) is 21.3. The molecule has 0 spiro atoms. The van der Waals surface area contributed by atoms with Crippen molar-refractivity contribution in [2.45, 2.75) is 39.8 Å². The molecule has 1 aromatic carbocycles. The molecule has 0 unspecified atom stereocenters. The molecule has 0 radical (unpaired) electrons. The number of nitrogens with one attached hydrogen (secondary N) is 2. The third-order valence-corrected chi connectivity index (χ3v) is 4.26. The van der Waals surface area contributed by atoms with Crippen molar-refractivity contribution < 1.29 is 4.52 Å². The van der Waals surface area contributed by atoms with Gasteiger partial charge in [0.25, 0.3) is 0 Å². The van der Waals surface area contributed by atoms with Crippen LogP contribution in [0.4, 0.5) is 0 Å². The second kappa shape index (κ2) is 11.0. The number of aromatic nitrogens is 2. The first-order chi connectivity index (χ1) is 12.8. The van der Waals surface area contributed by atoms with Crippen LogP contribution in [0.15, 0.2) is 52.1 Å². The quantitative estimate of drug-likeness (QED) is 0.221. The second-order valence-corrected chi connectivity index (χ2v) is 6.18. The van der Waals surface area contributed by atoms with E-state index in [0.29, 0.717) is 6.54 Å². The molecule has 146 valence electrons. The van der Waals surface area contributed by atoms with E-state index >= 15 is 0 Å². The van der Waals surface area contributed by atoms with Crippen molar-refractivity contribution in [2.24, 2.45) is 4.99 Å². The largest absolute Gasteiger partial charge is 0.359 e. The van der Waals surface area contributed by atoms with Crippen LogP contribution < -0.4 is 10.6 Å². The van der Waals surface area contributed by atoms with E-state index in [1.54, 1.807) is 0 Å². The highest BCUT2D eigenvalue weighted by Crippen LogP contribution is 2.15. The van der Waals surface area contributed by atoms with E-state index in [4.69, 9.17) is 4.52 Å². The van der Waals surface area contributed by atoms with Crippen molar-refractivity contribution in [3.8, 4) is 0 Å². The van der Waals surface area contributed by atoms with Gasteiger partial charge in [-0.05, 0) is 37.3 Å². The van der Waals surface area contributed by atoms with Crippen LogP contribution in [-0.2, 0) is 19.5 Å². The Labute approximate surface area is 177 Å². The van der Waals surface area contributed by atoms with Gasteiger partial charge in [-0.3, -0.25) is 0 Å². The van der Waals surface area contributed by atoms with Crippen LogP contribution >= 0.6 is 24.0 Å². The van der Waals surface area contributed by atoms with Crippen LogP contribution in [0.5, 0.6) is 0 Å². The van der Waals surface area contributed by atoms with Crippen LogP contribution in [-0.4, -0.2) is 28.8 Å². The zero-order valence-corrected chi connectivity index (χ0v) is 18.3. The molecule has 2 aromatic heterocycles. The number of nitrogens with zero attached hydrogens (tertiary/aromatic N) is 3. The third kappa shape index (κ3) is 5.98. The number of aryl methyl sites for hydroxylation is 2. The molecule has 2 heterocycles. The van der Waals surface area contributed by atoms with Gasteiger partial charge in [-0.25, -0.2) is 4.99 Å². The highest BCUT2D eigenvalue weighted by atomic mass is 127. The second-order valence-electron chi connectivity index (χ2n) is 6.18. The molecular weight excluding hydrogens is 453 g/mol. The number of guanidine groups is 1. The molecule has 0 atom stereocenters. The fraction of sp³-hybridized carbons (Fsp3) is 0.400. The smallest absolute Gasteiger partial charge is 0.191 e. The Morgan fingerprint density at radius 2 is 2.04 bits per heavy atom. The molecule has 2 N–H and O–H groups in total. The fourth-order valence-corrected chi connectivity index (χ4v) is 2.89. The highest BCUT2D eigenvalue weighted by Gasteiger charge is 2.04. The third-order valence-electron chi connectivity index (χ3n) is 4.26. The van der Waals surface area contributed by atoms with Gasteiger partial charge in [-0.2, -0.15) is 0 Å². The summed E-state index contributed by atoms with van der Waals surface area (Å²) >= 11 is 0. The van der Waals surface area contributed by atoms with Crippen molar-refractivity contribution in [1.82, 2.24) is 20.4 Å². The lowest BCUT2D eigenvalue weighted by Gasteiger charge is -2.11. The Hall–Kier alpha value is -2.03. The highest BCUT2D eigenvalue weighted by molar-refractivity contribution is 14.0. The van der Waals surface area contributed by atoms with Crippen LogP contribution in [0.25, 0.3) is 10.9 Å². The number of para-hydroxylation sites is 1. The first-order valence-corrected chi connectivity index (χ1v) is 9.30. The zero-order chi connectivity index (χ0) is 18.2. The van der Waals surface area contributed by atoms with Gasteiger partial charge in [0.15, 0.2) is 11.7 Å². The van der Waals surface area contributed by atoms with Gasteiger partial charge in [0.2, 0.25) is 0 Å². The predicted molar refractivity (Wildman–Crippen MR) is 121 cm³/mol. The van der Waals surface area contributed by atoms with Crippen LogP contribution in [0.3, 0.4) is 0 Å². The Bertz CT molecular complexity index is 855. The zero-order valence-electron chi connectivity index (χ0n) is 15.9. The van der Waals surface area contributed by atoms with Gasteiger partial charge >= 0.3 is 0 Å². The Morgan fingerprint density at radius 1 is 1.19 bits per heavy atom. The lowest BCUT2D eigenvalue weighted by molar-refractivity contribution is 0.379. The molecule has 7 heteroatoms. The maximum absolute atomic E-state index is 5.28. The summed E-state index contributed by atoms with van der Waals surface area (Å²) in [6.07, 6.45) is 4.05. The topological polar surface area (TPSA) is 67.4 Å². The molecule has 0 aliphatic carbocycles. The SMILES string of the molecule is CCNC(=NCc1cc(CC)no1)NCCCn1ccc2ccccc21.I. The summed E-state index contributed by atoms with van der Waals surface area (Å²) in [6, 6.07) is 12.6. The molecule has 3 rings (SSSR count). The molecule has 0 aliphatic rings. The Balaban J connectivity index is 0.00000261.